The molecule has 0 aliphatic carbocycles. The molecule has 3 nitrogen and oxygen atoms in total. The van der Waals surface area contributed by atoms with Gasteiger partial charge in [-0.3, -0.25) is 0 Å². The van der Waals surface area contributed by atoms with E-state index < -0.39 is 0 Å². The van der Waals surface area contributed by atoms with Crippen molar-refractivity contribution in [2.24, 2.45) is 0 Å². The van der Waals surface area contributed by atoms with Gasteiger partial charge in [0.15, 0.2) is 5.65 Å². The fourth-order valence-corrected chi connectivity index (χ4v) is 3.27. The summed E-state index contributed by atoms with van der Waals surface area (Å²) in [4.78, 5) is 4.40. The summed E-state index contributed by atoms with van der Waals surface area (Å²) in [7, 11) is 0. The Balaban J connectivity index is 1.98. The molecule has 0 amide bonds. The van der Waals surface area contributed by atoms with E-state index >= 15 is 0 Å². The van der Waals surface area contributed by atoms with Gasteiger partial charge in [-0.25, -0.2) is 9.50 Å². The van der Waals surface area contributed by atoms with Gasteiger partial charge in [-0.05, 0) is 25.1 Å². The van der Waals surface area contributed by atoms with Gasteiger partial charge in [0.1, 0.15) is 0 Å². The highest BCUT2D eigenvalue weighted by Crippen LogP contribution is 2.32. The van der Waals surface area contributed by atoms with E-state index in [1.165, 1.54) is 15.6 Å². The summed E-state index contributed by atoms with van der Waals surface area (Å²) in [5.41, 5.74) is 4.05. The van der Waals surface area contributed by atoms with Gasteiger partial charge in [0.05, 0.1) is 17.6 Å². The summed E-state index contributed by atoms with van der Waals surface area (Å²) >= 11 is 1.75. The third-order valence-electron chi connectivity index (χ3n) is 3.20. The van der Waals surface area contributed by atoms with Gasteiger partial charge in [-0.2, -0.15) is 5.10 Å². The highest BCUT2D eigenvalue weighted by molar-refractivity contribution is 7.17. The van der Waals surface area contributed by atoms with E-state index in [4.69, 9.17) is 0 Å². The Labute approximate surface area is 114 Å². The molecule has 4 heteroatoms. The lowest BCUT2D eigenvalue weighted by Crippen LogP contribution is -1.92. The van der Waals surface area contributed by atoms with Crippen molar-refractivity contribution in [3.05, 3.63) is 53.7 Å². The molecule has 1 aromatic carbocycles. The van der Waals surface area contributed by atoms with E-state index in [9.17, 15) is 0 Å². The molecule has 0 spiro atoms. The molecule has 0 bridgehead atoms. The topological polar surface area (TPSA) is 30.2 Å². The quantitative estimate of drug-likeness (QED) is 0.522. The van der Waals surface area contributed by atoms with E-state index in [0.717, 1.165) is 17.0 Å². The second-order valence-electron chi connectivity index (χ2n) is 4.55. The van der Waals surface area contributed by atoms with Crippen LogP contribution in [-0.4, -0.2) is 14.6 Å². The number of aryl methyl sites for hydroxylation is 1. The lowest BCUT2D eigenvalue weighted by atomic mass is 10.1. The molecule has 0 saturated heterocycles. The van der Waals surface area contributed by atoms with Crippen LogP contribution in [0.4, 0.5) is 0 Å². The van der Waals surface area contributed by atoms with E-state index in [2.05, 4.69) is 39.7 Å². The maximum absolute atomic E-state index is 4.65. The number of imidazole rings is 1. The van der Waals surface area contributed by atoms with Crippen molar-refractivity contribution in [3.8, 4) is 11.3 Å². The Morgan fingerprint density at radius 1 is 1.11 bits per heavy atom. The van der Waals surface area contributed by atoms with Crippen molar-refractivity contribution in [2.75, 3.05) is 0 Å². The molecule has 0 N–H and O–H groups in total. The first-order chi connectivity index (χ1) is 9.31. The SMILES string of the molecule is Cc1cn2nc(-c3csc4ccccc34)ccc2n1. The molecule has 0 radical (unpaired) electrons. The third-order valence-corrected chi connectivity index (χ3v) is 4.16. The smallest absolute Gasteiger partial charge is 0.153 e. The van der Waals surface area contributed by atoms with Crippen molar-refractivity contribution in [1.29, 1.82) is 0 Å². The largest absolute Gasteiger partial charge is 0.232 e. The highest BCUT2D eigenvalue weighted by atomic mass is 32.1. The number of benzene rings is 1. The molecular weight excluding hydrogens is 254 g/mol. The van der Waals surface area contributed by atoms with Crippen LogP contribution in [0.25, 0.3) is 27.0 Å². The highest BCUT2D eigenvalue weighted by Gasteiger charge is 2.08. The lowest BCUT2D eigenvalue weighted by molar-refractivity contribution is 0.942. The zero-order valence-corrected chi connectivity index (χ0v) is 11.2. The Kier molecular flexibility index (Phi) is 2.19. The van der Waals surface area contributed by atoms with Crippen LogP contribution in [0, 0.1) is 6.92 Å². The second-order valence-corrected chi connectivity index (χ2v) is 5.46. The molecule has 0 atom stereocenters. The summed E-state index contributed by atoms with van der Waals surface area (Å²) in [6, 6.07) is 12.5. The van der Waals surface area contributed by atoms with E-state index in [-0.39, 0.29) is 0 Å². The molecule has 4 aromatic rings. The summed E-state index contributed by atoms with van der Waals surface area (Å²) in [5, 5.41) is 8.08. The number of rotatable bonds is 1. The maximum Gasteiger partial charge on any atom is 0.153 e. The van der Waals surface area contributed by atoms with Crippen LogP contribution in [0.1, 0.15) is 5.69 Å². The molecule has 3 heterocycles. The summed E-state index contributed by atoms with van der Waals surface area (Å²) in [6.45, 7) is 1.98. The molecule has 0 aliphatic rings. The van der Waals surface area contributed by atoms with Crippen LogP contribution in [0.2, 0.25) is 0 Å². The minimum Gasteiger partial charge on any atom is -0.232 e. The first-order valence-electron chi connectivity index (χ1n) is 6.11. The number of thiophene rings is 1. The minimum absolute atomic E-state index is 0.890. The van der Waals surface area contributed by atoms with Gasteiger partial charge in [0.25, 0.3) is 0 Å². The average Bonchev–Trinajstić information content (AvgIpc) is 2.99. The molecule has 92 valence electrons. The number of aromatic nitrogens is 3. The zero-order valence-electron chi connectivity index (χ0n) is 10.4. The van der Waals surface area contributed by atoms with Gasteiger partial charge < -0.3 is 0 Å². The average molecular weight is 265 g/mol. The van der Waals surface area contributed by atoms with Gasteiger partial charge in [0.2, 0.25) is 0 Å². The predicted octanol–water partition coefficient (Wildman–Crippen LogP) is 3.92. The number of hydrogen-bond donors (Lipinski definition) is 0. The standard InChI is InChI=1S/C15H11N3S/c1-10-8-18-15(16-10)7-6-13(17-18)12-9-19-14-5-3-2-4-11(12)14/h2-9H,1H3. The van der Waals surface area contributed by atoms with Crippen LogP contribution in [-0.2, 0) is 0 Å². The van der Waals surface area contributed by atoms with Crippen LogP contribution in [0.3, 0.4) is 0 Å². The maximum atomic E-state index is 4.65. The molecule has 0 saturated carbocycles. The van der Waals surface area contributed by atoms with Gasteiger partial charge in [-0.1, -0.05) is 18.2 Å². The Bertz CT molecular complexity index is 889. The van der Waals surface area contributed by atoms with E-state index in [1.807, 2.05) is 29.8 Å². The van der Waals surface area contributed by atoms with Crippen LogP contribution in [0.5, 0.6) is 0 Å². The summed E-state index contributed by atoms with van der Waals surface area (Å²) in [6.07, 6.45) is 1.95. The molecular formula is C15H11N3S. The number of fused-ring (bicyclic) bond motifs is 2. The van der Waals surface area contributed by atoms with Crippen molar-refractivity contribution in [1.82, 2.24) is 14.6 Å². The molecule has 4 rings (SSSR count). The van der Waals surface area contributed by atoms with E-state index in [0.29, 0.717) is 0 Å². The molecule has 0 fully saturated rings. The monoisotopic (exact) mass is 265 g/mol. The third kappa shape index (κ3) is 1.64. The normalized spacial score (nSPS) is 11.4. The first kappa shape index (κ1) is 10.7. The van der Waals surface area contributed by atoms with Crippen LogP contribution < -0.4 is 0 Å². The van der Waals surface area contributed by atoms with Crippen molar-refractivity contribution in [3.63, 3.8) is 0 Å². The minimum atomic E-state index is 0.890. The van der Waals surface area contributed by atoms with Crippen molar-refractivity contribution < 1.29 is 0 Å². The summed E-state index contributed by atoms with van der Waals surface area (Å²) < 4.78 is 3.14. The van der Waals surface area contributed by atoms with Crippen molar-refractivity contribution in [2.45, 2.75) is 6.92 Å². The van der Waals surface area contributed by atoms with Crippen LogP contribution >= 0.6 is 11.3 Å². The van der Waals surface area contributed by atoms with Gasteiger partial charge >= 0.3 is 0 Å². The van der Waals surface area contributed by atoms with Crippen molar-refractivity contribution >= 4 is 27.1 Å². The molecule has 0 aliphatic heterocycles. The molecule has 0 unspecified atom stereocenters. The molecule has 3 aromatic heterocycles. The predicted molar refractivity (Wildman–Crippen MR) is 78.5 cm³/mol. The number of nitrogens with zero attached hydrogens (tertiary/aromatic N) is 3. The lowest BCUT2D eigenvalue weighted by Gasteiger charge is -2.00. The Morgan fingerprint density at radius 2 is 2.00 bits per heavy atom. The Morgan fingerprint density at radius 3 is 2.95 bits per heavy atom. The van der Waals surface area contributed by atoms with Crippen LogP contribution in [0.15, 0.2) is 48.0 Å². The fraction of sp³-hybridized carbons (Fsp3) is 0.0667. The Hall–Kier alpha value is -2.20. The van der Waals surface area contributed by atoms with Gasteiger partial charge in [0, 0.05) is 21.0 Å². The van der Waals surface area contributed by atoms with Gasteiger partial charge in [-0.15, -0.1) is 11.3 Å². The number of hydrogen-bond acceptors (Lipinski definition) is 3. The first-order valence-corrected chi connectivity index (χ1v) is 6.99. The van der Waals surface area contributed by atoms with E-state index in [1.54, 1.807) is 11.3 Å². The zero-order chi connectivity index (χ0) is 12.8. The summed E-state index contributed by atoms with van der Waals surface area (Å²) in [5.74, 6) is 0. The molecule has 19 heavy (non-hydrogen) atoms. The fourth-order valence-electron chi connectivity index (χ4n) is 2.32. The second kappa shape index (κ2) is 3.90.